The monoisotopic (exact) mass is 431 g/mol. The minimum Gasteiger partial charge on any atom is -0.368 e. The minimum absolute atomic E-state index is 0.103. The molecule has 0 aliphatic carbocycles. The quantitative estimate of drug-likeness (QED) is 0.333. The molecule has 0 aromatic heterocycles. The highest BCUT2D eigenvalue weighted by Crippen LogP contribution is 2.48. The van der Waals surface area contributed by atoms with E-state index in [1.807, 2.05) is 0 Å². The van der Waals surface area contributed by atoms with Crippen molar-refractivity contribution >= 4 is 26.6 Å². The molecule has 30 heavy (non-hydrogen) atoms. The summed E-state index contributed by atoms with van der Waals surface area (Å²) in [6, 6.07) is 13.8. The highest BCUT2D eigenvalue weighted by Gasteiger charge is 2.42. The molecule has 4 nitrogen and oxygen atoms in total. The molecular weight excluding hydrogens is 394 g/mol. The summed E-state index contributed by atoms with van der Waals surface area (Å²) < 4.78 is 30.1. The molecule has 0 bridgehead atoms. The Kier molecular flexibility index (Phi) is 7.46. The maximum atomic E-state index is 10.7. The van der Waals surface area contributed by atoms with Crippen LogP contribution < -0.4 is 4.90 Å². The van der Waals surface area contributed by atoms with Crippen LogP contribution in [0.2, 0.25) is 0 Å². The average Bonchev–Trinajstić information content (AvgIpc) is 2.89. The van der Waals surface area contributed by atoms with E-state index in [0.717, 1.165) is 25.8 Å². The third kappa shape index (κ3) is 5.36. The Hall–Kier alpha value is -1.59. The molecule has 2 aromatic carbocycles. The molecule has 1 N–H and O–H groups in total. The van der Waals surface area contributed by atoms with Gasteiger partial charge in [0.25, 0.3) is 10.1 Å². The van der Waals surface area contributed by atoms with Crippen LogP contribution in [-0.4, -0.2) is 31.3 Å². The lowest BCUT2D eigenvalue weighted by molar-refractivity contribution is 0.438. The van der Waals surface area contributed by atoms with Crippen molar-refractivity contribution < 1.29 is 13.0 Å². The van der Waals surface area contributed by atoms with E-state index in [2.05, 4.69) is 62.1 Å². The van der Waals surface area contributed by atoms with Gasteiger partial charge in [-0.3, -0.25) is 4.55 Å². The minimum atomic E-state index is -3.79. The van der Waals surface area contributed by atoms with Crippen LogP contribution in [-0.2, 0) is 15.5 Å². The second-order valence-electron chi connectivity index (χ2n) is 9.39. The van der Waals surface area contributed by atoms with Crippen LogP contribution >= 0.6 is 0 Å². The maximum absolute atomic E-state index is 10.7. The van der Waals surface area contributed by atoms with E-state index < -0.39 is 10.1 Å². The fourth-order valence-electron chi connectivity index (χ4n) is 4.93. The van der Waals surface area contributed by atoms with Crippen molar-refractivity contribution in [3.8, 4) is 0 Å². The fourth-order valence-corrected chi connectivity index (χ4v) is 5.49. The zero-order chi connectivity index (χ0) is 21.8. The van der Waals surface area contributed by atoms with E-state index in [1.54, 1.807) is 0 Å². The molecule has 1 unspecified atom stereocenters. The van der Waals surface area contributed by atoms with Gasteiger partial charge in [-0.1, -0.05) is 82.7 Å². The molecule has 0 amide bonds. The lowest BCUT2D eigenvalue weighted by Crippen LogP contribution is -2.39. The first-order chi connectivity index (χ1) is 14.2. The molecule has 3 rings (SSSR count). The van der Waals surface area contributed by atoms with Gasteiger partial charge in [-0.2, -0.15) is 8.42 Å². The number of hydrogen-bond donors (Lipinski definition) is 1. The zero-order valence-electron chi connectivity index (χ0n) is 18.7. The Morgan fingerprint density at radius 1 is 0.900 bits per heavy atom. The third-order valence-corrected chi connectivity index (χ3v) is 7.73. The molecule has 1 aliphatic rings. The fraction of sp³-hybridized carbons (Fsp3) is 0.600. The number of benzene rings is 2. The van der Waals surface area contributed by atoms with Crippen LogP contribution in [0.3, 0.4) is 0 Å². The van der Waals surface area contributed by atoms with E-state index in [-0.39, 0.29) is 11.2 Å². The smallest absolute Gasteiger partial charge is 0.264 e. The van der Waals surface area contributed by atoms with Crippen molar-refractivity contribution in [2.45, 2.75) is 83.6 Å². The summed E-state index contributed by atoms with van der Waals surface area (Å²) in [5, 5.41) is 2.72. The number of fused-ring (bicyclic) bond motifs is 3. The summed E-state index contributed by atoms with van der Waals surface area (Å²) in [5.74, 6) is -0.103. The summed E-state index contributed by atoms with van der Waals surface area (Å²) in [4.78, 5) is 2.61. The van der Waals surface area contributed by atoms with Crippen LogP contribution in [0.25, 0.3) is 10.8 Å². The van der Waals surface area contributed by atoms with Crippen molar-refractivity contribution in [1.29, 1.82) is 0 Å². The topological polar surface area (TPSA) is 57.6 Å². The van der Waals surface area contributed by atoms with Crippen LogP contribution in [0, 0.1) is 0 Å². The molecule has 5 heteroatoms. The largest absolute Gasteiger partial charge is 0.368 e. The first kappa shape index (κ1) is 23.1. The molecule has 0 saturated heterocycles. The summed E-state index contributed by atoms with van der Waals surface area (Å²) in [5.41, 5.74) is 3.04. The summed E-state index contributed by atoms with van der Waals surface area (Å²) in [6.07, 6.45) is 8.51. The van der Waals surface area contributed by atoms with Crippen LogP contribution in [0.5, 0.6) is 0 Å². The molecule has 2 aromatic rings. The molecule has 0 saturated carbocycles. The molecule has 0 fully saturated rings. The second-order valence-corrected chi connectivity index (χ2v) is 11.0. The predicted molar refractivity (Wildman–Crippen MR) is 127 cm³/mol. The van der Waals surface area contributed by atoms with E-state index in [1.165, 1.54) is 47.7 Å². The van der Waals surface area contributed by atoms with Crippen molar-refractivity contribution in [2.24, 2.45) is 0 Å². The Labute approximate surface area is 182 Å². The molecule has 1 heterocycles. The summed E-state index contributed by atoms with van der Waals surface area (Å²) in [7, 11) is -3.79. The van der Waals surface area contributed by atoms with Crippen LogP contribution in [0.1, 0.15) is 77.7 Å². The van der Waals surface area contributed by atoms with Crippen molar-refractivity contribution in [1.82, 2.24) is 0 Å². The number of unbranched alkanes of at least 4 members (excludes halogenated alkanes) is 7. The molecule has 0 spiro atoms. The summed E-state index contributed by atoms with van der Waals surface area (Å²) in [6.45, 7) is 8.22. The van der Waals surface area contributed by atoms with Crippen molar-refractivity contribution in [2.75, 3.05) is 17.2 Å². The Balaban J connectivity index is 1.45. The molecule has 166 valence electrons. The van der Waals surface area contributed by atoms with Gasteiger partial charge >= 0.3 is 0 Å². The van der Waals surface area contributed by atoms with Crippen LogP contribution in [0.15, 0.2) is 36.4 Å². The average molecular weight is 432 g/mol. The van der Waals surface area contributed by atoms with Gasteiger partial charge in [-0.05, 0) is 42.2 Å². The lowest BCUT2D eigenvalue weighted by atomic mass is 9.79. The van der Waals surface area contributed by atoms with Crippen molar-refractivity contribution in [3.05, 3.63) is 42.0 Å². The highest BCUT2D eigenvalue weighted by molar-refractivity contribution is 7.85. The van der Waals surface area contributed by atoms with Gasteiger partial charge in [0.2, 0.25) is 0 Å². The van der Waals surface area contributed by atoms with E-state index >= 15 is 0 Å². The Morgan fingerprint density at radius 3 is 2.17 bits per heavy atom. The Bertz CT molecular complexity index is 952. The lowest BCUT2D eigenvalue weighted by Gasteiger charge is -2.31. The molecular formula is C25H37NO3S. The number of anilines is 1. The number of hydrogen-bond acceptors (Lipinski definition) is 3. The third-order valence-electron chi connectivity index (χ3n) is 6.92. The van der Waals surface area contributed by atoms with E-state index in [9.17, 15) is 8.42 Å². The first-order valence-electron chi connectivity index (χ1n) is 11.5. The van der Waals surface area contributed by atoms with E-state index in [0.29, 0.717) is 12.5 Å². The summed E-state index contributed by atoms with van der Waals surface area (Å²) >= 11 is 0. The standard InChI is InChI=1S/C25H37NO3S/c1-20-25(2,3)24-22-15-11-10-14-21(22)16-17-23(24)26(20)18-12-8-6-4-5-7-9-13-19-30(27,28)29/h10-11,14-17,20H,4-9,12-13,18-19H2,1-3H3,(H,27,28,29). The Morgan fingerprint density at radius 2 is 1.50 bits per heavy atom. The number of rotatable bonds is 11. The maximum Gasteiger partial charge on any atom is 0.264 e. The second kappa shape index (κ2) is 9.69. The zero-order valence-corrected chi connectivity index (χ0v) is 19.5. The van der Waals surface area contributed by atoms with Crippen LogP contribution in [0.4, 0.5) is 5.69 Å². The van der Waals surface area contributed by atoms with Crippen molar-refractivity contribution in [3.63, 3.8) is 0 Å². The van der Waals surface area contributed by atoms with Gasteiger partial charge in [-0.15, -0.1) is 0 Å². The van der Waals surface area contributed by atoms with Gasteiger partial charge in [-0.25, -0.2) is 0 Å². The molecule has 1 atom stereocenters. The van der Waals surface area contributed by atoms with Gasteiger partial charge in [0.1, 0.15) is 0 Å². The SMILES string of the molecule is CC1N(CCCCCCCCCCS(=O)(=O)O)c2ccc3ccccc3c2C1(C)C. The first-order valence-corrected chi connectivity index (χ1v) is 13.1. The van der Waals surface area contributed by atoms with Gasteiger partial charge in [0, 0.05) is 23.7 Å². The van der Waals surface area contributed by atoms with Gasteiger partial charge < -0.3 is 4.90 Å². The van der Waals surface area contributed by atoms with Gasteiger partial charge in [0.05, 0.1) is 5.75 Å². The van der Waals surface area contributed by atoms with Gasteiger partial charge in [0.15, 0.2) is 0 Å². The number of nitrogens with zero attached hydrogens (tertiary/aromatic N) is 1. The van der Waals surface area contributed by atoms with E-state index in [4.69, 9.17) is 4.55 Å². The normalized spacial score (nSPS) is 18.1. The predicted octanol–water partition coefficient (Wildman–Crippen LogP) is 6.33. The molecule has 0 radical (unpaired) electrons. The highest BCUT2D eigenvalue weighted by atomic mass is 32.2. The molecule has 1 aliphatic heterocycles.